The minimum Gasteiger partial charge on any atom is -0.475 e. The number of carboxylic acid groups (broad SMARTS) is 1. The number of nitrogens with one attached hydrogen (secondary N) is 2. The fourth-order valence-electron chi connectivity index (χ4n) is 4.82. The average molecular weight is 578 g/mol. The van der Waals surface area contributed by atoms with E-state index in [1.807, 2.05) is 54.6 Å². The van der Waals surface area contributed by atoms with Crippen molar-refractivity contribution in [1.82, 2.24) is 20.5 Å². The number of carboxylic acids is 1. The number of alkyl halides is 3. The van der Waals surface area contributed by atoms with Gasteiger partial charge in [0.1, 0.15) is 5.54 Å². The number of fused-ring (bicyclic) bond motifs is 1. The SMILES string of the molecule is O=C(NCCN1CCC2(CC1)C(=O)NCN2c1ccc(Cl)cc1)c1cnc2ccccc2c1.O=C(O)C(F)(F)F. The molecule has 1 spiro atoms. The Hall–Kier alpha value is -3.90. The molecule has 13 heteroatoms. The standard InChI is InChI=1S/C25H26ClN5O2.C2HF3O2/c26-20-5-7-21(8-6-20)31-17-29-24(33)25(31)9-12-30(13-10-25)14-11-27-23(32)19-15-18-3-1-2-4-22(18)28-16-19;3-2(4,5)1(6)7/h1-8,15-16H,9-14,17H2,(H,27,32)(H,29,33);(H,6,7). The number of nitrogens with zero attached hydrogens (tertiary/aromatic N) is 3. The van der Waals surface area contributed by atoms with Crippen LogP contribution in [0, 0.1) is 0 Å². The minimum absolute atomic E-state index is 0.0919. The van der Waals surface area contributed by atoms with Gasteiger partial charge in [0.2, 0.25) is 5.91 Å². The highest BCUT2D eigenvalue weighted by Gasteiger charge is 2.50. The van der Waals surface area contributed by atoms with Gasteiger partial charge in [0.05, 0.1) is 17.7 Å². The highest BCUT2D eigenvalue weighted by molar-refractivity contribution is 6.30. The van der Waals surface area contributed by atoms with Crippen molar-refractivity contribution < 1.29 is 32.7 Å². The molecule has 2 amide bonds. The van der Waals surface area contributed by atoms with Gasteiger partial charge in [-0.25, -0.2) is 4.79 Å². The van der Waals surface area contributed by atoms with Gasteiger partial charge in [-0.2, -0.15) is 13.2 Å². The Labute approximate surface area is 232 Å². The fraction of sp³-hybridized carbons (Fsp3) is 0.333. The number of carbonyl (C=O) groups excluding carboxylic acids is 2. The lowest BCUT2D eigenvalue weighted by molar-refractivity contribution is -0.192. The van der Waals surface area contributed by atoms with Crippen LogP contribution in [0.25, 0.3) is 10.9 Å². The van der Waals surface area contributed by atoms with Crippen LogP contribution in [0.1, 0.15) is 23.2 Å². The molecule has 2 aliphatic rings. The van der Waals surface area contributed by atoms with E-state index in [2.05, 4.69) is 25.4 Å². The lowest BCUT2D eigenvalue weighted by atomic mass is 9.85. The van der Waals surface area contributed by atoms with E-state index in [1.165, 1.54) is 0 Å². The highest BCUT2D eigenvalue weighted by Crippen LogP contribution is 2.36. The zero-order chi connectivity index (χ0) is 28.9. The summed E-state index contributed by atoms with van der Waals surface area (Å²) < 4.78 is 31.7. The smallest absolute Gasteiger partial charge is 0.475 e. The molecule has 0 saturated carbocycles. The Bertz CT molecular complexity index is 1380. The number of rotatable bonds is 5. The van der Waals surface area contributed by atoms with Crippen LogP contribution in [-0.4, -0.2) is 77.3 Å². The van der Waals surface area contributed by atoms with Crippen molar-refractivity contribution in [1.29, 1.82) is 0 Å². The molecule has 9 nitrogen and oxygen atoms in total. The van der Waals surface area contributed by atoms with E-state index >= 15 is 0 Å². The first-order chi connectivity index (χ1) is 19.0. The van der Waals surface area contributed by atoms with E-state index in [-0.39, 0.29) is 11.8 Å². The number of pyridine rings is 1. The summed E-state index contributed by atoms with van der Waals surface area (Å²) in [5.74, 6) is -2.78. The predicted octanol–water partition coefficient (Wildman–Crippen LogP) is 3.68. The molecule has 2 fully saturated rings. The third kappa shape index (κ3) is 6.62. The predicted molar refractivity (Wildman–Crippen MR) is 143 cm³/mol. The van der Waals surface area contributed by atoms with Gasteiger partial charge in [0, 0.05) is 48.5 Å². The van der Waals surface area contributed by atoms with Gasteiger partial charge in [-0.3, -0.25) is 14.6 Å². The normalized spacial score (nSPS) is 16.8. The van der Waals surface area contributed by atoms with Crippen LogP contribution < -0.4 is 15.5 Å². The van der Waals surface area contributed by atoms with Gasteiger partial charge in [-0.15, -0.1) is 0 Å². The number of halogens is 4. The average Bonchev–Trinajstić information content (AvgIpc) is 3.24. The summed E-state index contributed by atoms with van der Waals surface area (Å²) in [5, 5.41) is 14.8. The molecule has 212 valence electrons. The third-order valence-corrected chi connectivity index (χ3v) is 7.22. The van der Waals surface area contributed by atoms with Crippen LogP contribution in [0.15, 0.2) is 60.8 Å². The third-order valence-electron chi connectivity index (χ3n) is 6.97. The van der Waals surface area contributed by atoms with Crippen molar-refractivity contribution in [3.8, 4) is 0 Å². The second-order valence-corrected chi connectivity index (χ2v) is 9.85. The van der Waals surface area contributed by atoms with Crippen LogP contribution in [0.4, 0.5) is 18.9 Å². The Balaban J connectivity index is 0.000000470. The molecule has 40 heavy (non-hydrogen) atoms. The Kier molecular flexibility index (Phi) is 8.79. The number of likely N-dealkylation sites (tertiary alicyclic amines) is 1. The molecule has 0 aliphatic carbocycles. The molecule has 3 N–H and O–H groups in total. The van der Waals surface area contributed by atoms with E-state index in [0.717, 1.165) is 49.1 Å². The number of hydrogen-bond donors (Lipinski definition) is 3. The number of carbonyl (C=O) groups is 3. The summed E-state index contributed by atoms with van der Waals surface area (Å²) >= 11 is 6.04. The van der Waals surface area contributed by atoms with Crippen molar-refractivity contribution >= 4 is 46.0 Å². The molecule has 2 saturated heterocycles. The van der Waals surface area contributed by atoms with Gasteiger partial charge < -0.3 is 25.5 Å². The first-order valence-electron chi connectivity index (χ1n) is 12.5. The number of anilines is 1. The molecule has 0 atom stereocenters. The molecule has 1 aromatic heterocycles. The largest absolute Gasteiger partial charge is 0.490 e. The lowest BCUT2D eigenvalue weighted by Crippen LogP contribution is -2.57. The summed E-state index contributed by atoms with van der Waals surface area (Å²) in [7, 11) is 0. The summed E-state index contributed by atoms with van der Waals surface area (Å²) in [6.45, 7) is 3.39. The van der Waals surface area contributed by atoms with E-state index in [9.17, 15) is 22.8 Å². The van der Waals surface area contributed by atoms with E-state index < -0.39 is 17.7 Å². The van der Waals surface area contributed by atoms with Crippen molar-refractivity contribution in [2.45, 2.75) is 24.6 Å². The van der Waals surface area contributed by atoms with Crippen molar-refractivity contribution in [3.05, 3.63) is 71.4 Å². The maximum Gasteiger partial charge on any atom is 0.490 e. The minimum atomic E-state index is -5.08. The number of amides is 2. The molecular formula is C27H27ClF3N5O4. The quantitative estimate of drug-likeness (QED) is 0.424. The van der Waals surface area contributed by atoms with Gasteiger partial charge in [0.25, 0.3) is 5.91 Å². The van der Waals surface area contributed by atoms with Crippen LogP contribution in [0.3, 0.4) is 0 Å². The van der Waals surface area contributed by atoms with Gasteiger partial charge >= 0.3 is 12.1 Å². The van der Waals surface area contributed by atoms with Crippen molar-refractivity contribution in [2.75, 3.05) is 37.7 Å². The molecule has 3 heterocycles. The van der Waals surface area contributed by atoms with E-state index in [4.69, 9.17) is 21.5 Å². The topological polar surface area (TPSA) is 115 Å². The molecule has 0 radical (unpaired) electrons. The van der Waals surface area contributed by atoms with Crippen LogP contribution in [0.2, 0.25) is 5.02 Å². The summed E-state index contributed by atoms with van der Waals surface area (Å²) in [6, 6.07) is 17.3. The molecule has 3 aromatic rings. The summed E-state index contributed by atoms with van der Waals surface area (Å²) in [6.07, 6.45) is -1.99. The van der Waals surface area contributed by atoms with Crippen LogP contribution in [-0.2, 0) is 9.59 Å². The maximum atomic E-state index is 12.8. The summed E-state index contributed by atoms with van der Waals surface area (Å²) in [5.41, 5.74) is 1.92. The maximum absolute atomic E-state index is 12.8. The molecule has 5 rings (SSSR count). The molecule has 2 aliphatic heterocycles. The molecule has 0 bridgehead atoms. The number of piperidine rings is 1. The number of aromatic nitrogens is 1. The van der Waals surface area contributed by atoms with E-state index in [1.54, 1.807) is 6.20 Å². The van der Waals surface area contributed by atoms with Crippen LogP contribution >= 0.6 is 11.6 Å². The van der Waals surface area contributed by atoms with Gasteiger partial charge in [-0.1, -0.05) is 29.8 Å². The number of benzene rings is 2. The number of aliphatic carboxylic acids is 1. The molecule has 0 unspecified atom stereocenters. The van der Waals surface area contributed by atoms with Crippen LogP contribution in [0.5, 0.6) is 0 Å². The first-order valence-corrected chi connectivity index (χ1v) is 12.8. The Morgan fingerprint density at radius 1 is 1.10 bits per heavy atom. The van der Waals surface area contributed by atoms with Crippen molar-refractivity contribution in [3.63, 3.8) is 0 Å². The van der Waals surface area contributed by atoms with Gasteiger partial charge in [0.15, 0.2) is 0 Å². The zero-order valence-corrected chi connectivity index (χ0v) is 22.0. The summed E-state index contributed by atoms with van der Waals surface area (Å²) in [4.78, 5) is 43.1. The van der Waals surface area contributed by atoms with Crippen molar-refractivity contribution in [2.24, 2.45) is 0 Å². The fourth-order valence-corrected chi connectivity index (χ4v) is 4.94. The highest BCUT2D eigenvalue weighted by atomic mass is 35.5. The Morgan fingerprint density at radius 2 is 1.75 bits per heavy atom. The zero-order valence-electron chi connectivity index (χ0n) is 21.2. The van der Waals surface area contributed by atoms with Gasteiger partial charge in [-0.05, 0) is 49.2 Å². The second kappa shape index (κ2) is 12.1. The Morgan fingerprint density at radius 3 is 2.40 bits per heavy atom. The number of hydrogen-bond acceptors (Lipinski definition) is 6. The number of para-hydroxylation sites is 1. The van der Waals surface area contributed by atoms with E-state index in [0.29, 0.717) is 23.8 Å². The lowest BCUT2D eigenvalue weighted by Gasteiger charge is -2.43. The molecule has 2 aromatic carbocycles. The second-order valence-electron chi connectivity index (χ2n) is 9.42. The monoisotopic (exact) mass is 577 g/mol. The first kappa shape index (κ1) is 29.1. The molecular weight excluding hydrogens is 551 g/mol.